The lowest BCUT2D eigenvalue weighted by Crippen LogP contribution is -2.43. The molecule has 5 N–H and O–H groups in total. The topological polar surface area (TPSA) is 187 Å². The highest BCUT2D eigenvalue weighted by molar-refractivity contribution is 5.83. The minimum absolute atomic E-state index is 0.0988. The van der Waals surface area contributed by atoms with Crippen LogP contribution in [0.5, 0.6) is 0 Å². The van der Waals surface area contributed by atoms with Crippen LogP contribution in [0.25, 0.3) is 11.2 Å². The van der Waals surface area contributed by atoms with Crippen LogP contribution in [0.2, 0.25) is 0 Å². The summed E-state index contributed by atoms with van der Waals surface area (Å²) in [4.78, 5) is 40.0. The highest BCUT2D eigenvalue weighted by atomic mass is 16.6. The third kappa shape index (κ3) is 5.51. The van der Waals surface area contributed by atoms with Crippen LogP contribution in [-0.4, -0.2) is 103 Å². The Hall–Kier alpha value is -3.07. The van der Waals surface area contributed by atoms with Crippen molar-refractivity contribution >= 4 is 29.0 Å². The number of carbonyl (C=O) groups excluding carboxylic acids is 2. The van der Waals surface area contributed by atoms with Crippen LogP contribution >= 0.6 is 0 Å². The second kappa shape index (κ2) is 10.8. The van der Waals surface area contributed by atoms with Crippen LogP contribution in [0.3, 0.4) is 0 Å². The number of amides is 2. The number of imidazole rings is 1. The van der Waals surface area contributed by atoms with Gasteiger partial charge in [-0.2, -0.15) is 0 Å². The van der Waals surface area contributed by atoms with E-state index in [4.69, 9.17) is 19.9 Å². The van der Waals surface area contributed by atoms with Crippen molar-refractivity contribution in [3.63, 3.8) is 0 Å². The number of likely N-dealkylation sites (tertiary alicyclic amines) is 1. The van der Waals surface area contributed by atoms with Gasteiger partial charge in [-0.05, 0) is 38.0 Å². The van der Waals surface area contributed by atoms with Crippen molar-refractivity contribution in [1.82, 2.24) is 29.7 Å². The summed E-state index contributed by atoms with van der Waals surface area (Å²) in [6, 6.07) is 0.0988. The van der Waals surface area contributed by atoms with Gasteiger partial charge in [-0.1, -0.05) is 0 Å². The fourth-order valence-electron chi connectivity index (χ4n) is 5.46. The predicted molar refractivity (Wildman–Crippen MR) is 135 cm³/mol. The summed E-state index contributed by atoms with van der Waals surface area (Å²) in [5, 5.41) is 24.0. The van der Waals surface area contributed by atoms with Crippen LogP contribution in [0.15, 0.2) is 6.33 Å². The third-order valence-electron chi connectivity index (χ3n) is 7.99. The van der Waals surface area contributed by atoms with Crippen molar-refractivity contribution < 1.29 is 34.0 Å². The Morgan fingerprint density at radius 1 is 1.13 bits per heavy atom. The maximum absolute atomic E-state index is 12.5. The molecule has 5 heterocycles. The van der Waals surface area contributed by atoms with Gasteiger partial charge < -0.3 is 40.4 Å². The molecule has 2 amide bonds. The standard InChI is InChI=1S/C25H35N7O7/c26-21-17-22(32(12-27-17)24-19(34)18(33)20(39-24)23(35)28-14-2-3-14)30-16(29-21)4-1-13-5-8-31(9-6-13)25(36)38-15-7-10-37-11-15/h12-15,18-20,24,33-34H,1-11H2,(H,28,35)(H2,26,29,30)/t15?,18?,19?,20-,24+/m0/s1. The lowest BCUT2D eigenvalue weighted by molar-refractivity contribution is -0.137. The number of hydrogen-bond donors (Lipinski definition) is 4. The molecule has 39 heavy (non-hydrogen) atoms. The molecule has 212 valence electrons. The van der Waals surface area contributed by atoms with Crippen LogP contribution in [0.4, 0.5) is 10.6 Å². The molecule has 3 unspecified atom stereocenters. The molecule has 3 aliphatic heterocycles. The average molecular weight is 546 g/mol. The first-order valence-electron chi connectivity index (χ1n) is 13.7. The summed E-state index contributed by atoms with van der Waals surface area (Å²) in [5.41, 5.74) is 6.91. The zero-order valence-corrected chi connectivity index (χ0v) is 21.6. The molecule has 2 aromatic heterocycles. The Kier molecular flexibility index (Phi) is 7.27. The van der Waals surface area contributed by atoms with Crippen molar-refractivity contribution in [2.24, 2.45) is 5.92 Å². The van der Waals surface area contributed by atoms with Gasteiger partial charge in [-0.25, -0.2) is 19.7 Å². The molecule has 4 aliphatic rings. The van der Waals surface area contributed by atoms with Gasteiger partial charge in [0.15, 0.2) is 23.8 Å². The minimum Gasteiger partial charge on any atom is -0.444 e. The van der Waals surface area contributed by atoms with E-state index in [1.807, 2.05) is 0 Å². The van der Waals surface area contributed by atoms with E-state index in [9.17, 15) is 19.8 Å². The summed E-state index contributed by atoms with van der Waals surface area (Å²) < 4.78 is 18.1. The molecule has 5 atom stereocenters. The number of piperidine rings is 1. The van der Waals surface area contributed by atoms with Crippen molar-refractivity contribution in [2.45, 2.75) is 81.6 Å². The lowest BCUT2D eigenvalue weighted by atomic mass is 9.92. The van der Waals surface area contributed by atoms with Crippen LogP contribution < -0.4 is 11.1 Å². The van der Waals surface area contributed by atoms with Gasteiger partial charge in [-0.3, -0.25) is 9.36 Å². The number of ether oxygens (including phenoxy) is 3. The summed E-state index contributed by atoms with van der Waals surface area (Å²) >= 11 is 0. The highest BCUT2D eigenvalue weighted by Gasteiger charge is 2.48. The second-order valence-electron chi connectivity index (χ2n) is 10.9. The molecule has 0 bridgehead atoms. The van der Waals surface area contributed by atoms with Crippen molar-refractivity contribution in [2.75, 3.05) is 32.0 Å². The number of nitrogens with zero attached hydrogens (tertiary/aromatic N) is 5. The zero-order valence-electron chi connectivity index (χ0n) is 21.6. The Morgan fingerprint density at radius 2 is 1.92 bits per heavy atom. The highest BCUT2D eigenvalue weighted by Crippen LogP contribution is 2.33. The van der Waals surface area contributed by atoms with Gasteiger partial charge in [0.1, 0.15) is 29.7 Å². The SMILES string of the molecule is Nc1nc(CCC2CCN(C(=O)OC3CCOC3)CC2)nc2c1ncn2[C@@H]1O[C@H](C(=O)NC2CC2)C(O)C1O. The second-order valence-corrected chi connectivity index (χ2v) is 10.9. The first kappa shape index (κ1) is 26.2. The number of anilines is 1. The zero-order chi connectivity index (χ0) is 27.1. The molecule has 14 nitrogen and oxygen atoms in total. The number of aliphatic hydroxyl groups excluding tert-OH is 2. The normalized spacial score (nSPS) is 29.7. The molecule has 2 aromatic rings. The number of aryl methyl sites for hydroxylation is 1. The average Bonchev–Trinajstić information content (AvgIpc) is 3.28. The molecule has 1 saturated carbocycles. The quantitative estimate of drug-likeness (QED) is 0.363. The molecular formula is C25H35N7O7. The number of rotatable bonds is 7. The van der Waals surface area contributed by atoms with E-state index in [0.29, 0.717) is 55.6 Å². The van der Waals surface area contributed by atoms with Gasteiger partial charge in [0.05, 0.1) is 19.5 Å². The summed E-state index contributed by atoms with van der Waals surface area (Å²) in [7, 11) is 0. The van der Waals surface area contributed by atoms with E-state index < -0.39 is 30.4 Å². The molecule has 4 fully saturated rings. The van der Waals surface area contributed by atoms with Gasteiger partial charge >= 0.3 is 6.09 Å². The van der Waals surface area contributed by atoms with E-state index in [1.165, 1.54) is 10.9 Å². The smallest absolute Gasteiger partial charge is 0.410 e. The molecular weight excluding hydrogens is 510 g/mol. The van der Waals surface area contributed by atoms with Crippen LogP contribution in [0.1, 0.15) is 50.6 Å². The Labute approximate surface area is 224 Å². The number of aromatic nitrogens is 4. The van der Waals surface area contributed by atoms with Crippen molar-refractivity contribution in [1.29, 1.82) is 0 Å². The minimum atomic E-state index is -1.39. The monoisotopic (exact) mass is 545 g/mol. The molecule has 14 heteroatoms. The van der Waals surface area contributed by atoms with E-state index in [1.54, 1.807) is 4.90 Å². The Balaban J connectivity index is 1.08. The number of hydrogen-bond acceptors (Lipinski definition) is 11. The molecule has 0 spiro atoms. The van der Waals surface area contributed by atoms with E-state index in [-0.39, 0.29) is 24.1 Å². The number of nitrogen functional groups attached to an aromatic ring is 1. The molecule has 3 saturated heterocycles. The first-order valence-corrected chi connectivity index (χ1v) is 13.7. The number of nitrogens with two attached hydrogens (primary N) is 1. The first-order chi connectivity index (χ1) is 18.9. The molecule has 0 radical (unpaired) electrons. The summed E-state index contributed by atoms with van der Waals surface area (Å²) in [6.07, 6.45) is 1.66. The van der Waals surface area contributed by atoms with Gasteiger partial charge in [0.2, 0.25) is 0 Å². The molecule has 6 rings (SSSR count). The maximum atomic E-state index is 12.5. The number of fused-ring (bicyclic) bond motifs is 1. The maximum Gasteiger partial charge on any atom is 0.410 e. The largest absolute Gasteiger partial charge is 0.444 e. The molecule has 0 aromatic carbocycles. The third-order valence-corrected chi connectivity index (χ3v) is 7.99. The van der Waals surface area contributed by atoms with Crippen LogP contribution in [0, 0.1) is 5.92 Å². The summed E-state index contributed by atoms with van der Waals surface area (Å²) in [5.74, 6) is 0.687. The van der Waals surface area contributed by atoms with Gasteiger partial charge in [0, 0.05) is 32.0 Å². The van der Waals surface area contributed by atoms with E-state index in [2.05, 4.69) is 20.3 Å². The predicted octanol–water partition coefficient (Wildman–Crippen LogP) is -0.124. The van der Waals surface area contributed by atoms with Gasteiger partial charge in [-0.15, -0.1) is 0 Å². The fraction of sp³-hybridized carbons (Fsp3) is 0.720. The van der Waals surface area contributed by atoms with E-state index in [0.717, 1.165) is 38.5 Å². The summed E-state index contributed by atoms with van der Waals surface area (Å²) in [6.45, 7) is 2.38. The van der Waals surface area contributed by atoms with Crippen LogP contribution in [-0.2, 0) is 25.4 Å². The number of nitrogens with one attached hydrogen (secondary N) is 1. The van der Waals surface area contributed by atoms with Crippen molar-refractivity contribution in [3.05, 3.63) is 12.2 Å². The lowest BCUT2D eigenvalue weighted by Gasteiger charge is -2.31. The van der Waals surface area contributed by atoms with Gasteiger partial charge in [0.25, 0.3) is 5.91 Å². The van der Waals surface area contributed by atoms with Crippen molar-refractivity contribution in [3.8, 4) is 0 Å². The Morgan fingerprint density at radius 3 is 2.64 bits per heavy atom. The fourth-order valence-corrected chi connectivity index (χ4v) is 5.46. The molecule has 1 aliphatic carbocycles. The number of carbonyl (C=O) groups is 2. The Bertz CT molecular complexity index is 1210. The van der Waals surface area contributed by atoms with E-state index >= 15 is 0 Å². The number of aliphatic hydroxyl groups is 2.